The fourth-order valence-corrected chi connectivity index (χ4v) is 15.6. The molecule has 0 saturated carbocycles. The lowest BCUT2D eigenvalue weighted by atomic mass is 10.0. The predicted molar refractivity (Wildman–Crippen MR) is 341 cm³/mol. The molecule has 0 amide bonds. The van der Waals surface area contributed by atoms with Crippen LogP contribution in [0.3, 0.4) is 0 Å². The van der Waals surface area contributed by atoms with Crippen LogP contribution in [-0.2, 0) is 5.91 Å². The minimum absolute atomic E-state index is 0.0186. The number of rotatable bonds is 18. The summed E-state index contributed by atoms with van der Waals surface area (Å²) in [5.74, 6) is 0.312. The number of unbranched alkanes of at least 4 members (excludes halogenated alkanes) is 6. The van der Waals surface area contributed by atoms with E-state index in [1.54, 1.807) is 0 Å². The number of para-hydroxylation sites is 1. The zero-order chi connectivity index (χ0) is 58.5. The van der Waals surface area contributed by atoms with Gasteiger partial charge in [0.25, 0.3) is 23.3 Å². The van der Waals surface area contributed by atoms with Gasteiger partial charge in [0.2, 0.25) is 22.6 Å². The maximum Gasteiger partial charge on any atom is 0.404 e. The third kappa shape index (κ3) is 7.81. The van der Waals surface area contributed by atoms with Gasteiger partial charge >= 0.3 is 5.91 Å². The molecule has 428 valence electrons. The van der Waals surface area contributed by atoms with Crippen molar-refractivity contribution in [1.29, 1.82) is 0 Å². The highest BCUT2D eigenvalue weighted by atomic mass is 35.5. The number of ether oxygens (including phenoxy) is 4. The molecule has 0 saturated heterocycles. The summed E-state index contributed by atoms with van der Waals surface area (Å²) in [7, 11) is 0. The van der Waals surface area contributed by atoms with Crippen molar-refractivity contribution < 1.29 is 28.1 Å². The molecule has 0 N–H and O–H groups in total. The maximum atomic E-state index is 7.89. The van der Waals surface area contributed by atoms with E-state index in [0.717, 1.165) is 68.9 Å². The Labute approximate surface area is 540 Å². The smallest absolute Gasteiger partial charge is 0.404 e. The lowest BCUT2D eigenvalue weighted by molar-refractivity contribution is -0.790. The largest absolute Gasteiger partial charge is 0.490 e. The van der Waals surface area contributed by atoms with Gasteiger partial charge in [0.15, 0.2) is 23.0 Å². The molecule has 14 rings (SSSR count). The van der Waals surface area contributed by atoms with Gasteiger partial charge in [0.1, 0.15) is 25.8 Å². The Bertz CT molecular complexity index is 4590. The highest BCUT2D eigenvalue weighted by molar-refractivity contribution is 6.53. The molecule has 6 aromatic carbocycles. The number of nitrogens with zero attached hydrogens (tertiary/aromatic N) is 8. The monoisotopic (exact) mass is 1360 g/mol. The fourth-order valence-electron chi connectivity index (χ4n) is 12.1. The summed E-state index contributed by atoms with van der Waals surface area (Å²) in [6, 6.07) is 17.3. The van der Waals surface area contributed by atoms with Crippen molar-refractivity contribution in [3.8, 4) is 39.9 Å². The van der Waals surface area contributed by atoms with E-state index in [1.807, 2.05) is 72.9 Å². The van der Waals surface area contributed by atoms with E-state index in [2.05, 4.69) is 20.8 Å². The van der Waals surface area contributed by atoms with E-state index in [4.69, 9.17) is 178 Å². The van der Waals surface area contributed by atoms with E-state index < -0.39 is 5.91 Å². The summed E-state index contributed by atoms with van der Waals surface area (Å²) >= 11 is 91.2. The Morgan fingerprint density at radius 2 is 0.821 bits per heavy atom. The summed E-state index contributed by atoms with van der Waals surface area (Å²) in [4.78, 5) is 22.2. The molecular formula is C60H42Cl12N8O4+2. The summed E-state index contributed by atoms with van der Waals surface area (Å²) < 4.78 is 33.7. The molecule has 24 heteroatoms. The molecule has 8 aromatic rings. The third-order valence-corrected chi connectivity index (χ3v) is 20.6. The molecule has 6 aliphatic rings. The summed E-state index contributed by atoms with van der Waals surface area (Å²) in [5, 5.41) is 1.95. The van der Waals surface area contributed by atoms with Gasteiger partial charge in [-0.1, -0.05) is 267 Å². The van der Waals surface area contributed by atoms with Gasteiger partial charge in [-0.05, 0) is 30.9 Å². The van der Waals surface area contributed by atoms with E-state index in [9.17, 15) is 0 Å². The Hall–Kier alpha value is -4.64. The molecule has 12 nitrogen and oxygen atoms in total. The number of aliphatic imine (C=N–C) groups is 2. The molecule has 1 atom stereocenters. The Kier molecular flexibility index (Phi) is 14.7. The highest BCUT2D eigenvalue weighted by Crippen LogP contribution is 2.62. The molecule has 0 fully saturated rings. The number of benzene rings is 6. The van der Waals surface area contributed by atoms with Crippen molar-refractivity contribution in [3.05, 3.63) is 148 Å². The quantitative estimate of drug-likeness (QED) is 0.0485. The van der Waals surface area contributed by atoms with Crippen molar-refractivity contribution in [2.24, 2.45) is 20.0 Å². The van der Waals surface area contributed by atoms with Crippen LogP contribution in [-0.4, -0.2) is 61.4 Å². The lowest BCUT2D eigenvalue weighted by Crippen LogP contribution is -2.71. The Morgan fingerprint density at radius 1 is 0.405 bits per heavy atom. The zero-order valence-corrected chi connectivity index (χ0v) is 53.5. The van der Waals surface area contributed by atoms with Crippen LogP contribution in [0.1, 0.15) is 101 Å². The molecule has 2 aromatic heterocycles. The topological polar surface area (TPSA) is 102 Å². The van der Waals surface area contributed by atoms with Crippen LogP contribution in [0.2, 0.25) is 60.3 Å². The van der Waals surface area contributed by atoms with E-state index in [0.29, 0.717) is 58.6 Å². The molecule has 0 aliphatic carbocycles. The van der Waals surface area contributed by atoms with Crippen molar-refractivity contribution >= 4 is 196 Å². The highest BCUT2D eigenvalue weighted by Gasteiger charge is 2.71. The van der Waals surface area contributed by atoms with Crippen LogP contribution >= 0.6 is 139 Å². The summed E-state index contributed by atoms with van der Waals surface area (Å²) in [6.07, 6.45) is 7.69. The average molecular weight is 1360 g/mol. The Morgan fingerprint density at radius 3 is 1.38 bits per heavy atom. The molecule has 84 heavy (non-hydrogen) atoms. The number of halogens is 12. The summed E-state index contributed by atoms with van der Waals surface area (Å²) in [5.41, 5.74) is 3.37. The molecule has 0 radical (unpaired) electrons. The van der Waals surface area contributed by atoms with E-state index in [1.165, 1.54) is 0 Å². The number of fused-ring (bicyclic) bond motifs is 12. The first-order chi connectivity index (χ1) is 40.6. The van der Waals surface area contributed by atoms with Gasteiger partial charge in [0, 0.05) is 5.56 Å². The van der Waals surface area contributed by atoms with Crippen LogP contribution in [0.15, 0.2) is 74.6 Å². The SMILES string of the molecule is CCCCCOc1c(Cl)c(Cl)c2c(c1Cl)C1=Nc3c4c(Cl)c(Cl)c(Oc5ccccc5-c5ccccc5)c(Cl)c4c4n3C35n6c(c7c(Cl)c(Cl)c(OCCCCC)c(Cl)c7c6=NC2=[N+]13)=NC1=[N+]5C(=N4)c2c(Cl)c(Cl)c(OCCCCC)c(Cl)c21. The molecule has 0 bridgehead atoms. The second-order valence-corrected chi connectivity index (χ2v) is 25.2. The third-order valence-electron chi connectivity index (χ3n) is 15.8. The molecule has 1 spiro atoms. The van der Waals surface area contributed by atoms with E-state index in [-0.39, 0.29) is 140 Å². The maximum absolute atomic E-state index is 7.89. The molecular weight excluding hydrogens is 1320 g/mol. The van der Waals surface area contributed by atoms with Crippen LogP contribution in [0, 0.1) is 0 Å². The standard InChI is InChI=1S/C60H42Cl12N8O4/c1-4-7-15-22-81-48-40(65)32-28(36(61)44(48)69)52-74-57-34-30(38(63)46(71)50(42(34)67)83-24-17-9-6-3)54-76-59-35-31(39(64)47(72)51(43(35)68)84-27-21-14-13-20-26(27)25-18-11-10-12-19-25)55-75-58-33-29(37(62)45(70)49(41(33)66)82-23-16-8-5-2)53-73-56(32)77(52)60(78(53)58,79(54)57)80(55)59/h10-14,18-21H,4-9,15-17,22-24H2,1-3H3/q+2. The number of aromatic nitrogens is 2. The van der Waals surface area contributed by atoms with Crippen molar-refractivity contribution in [2.45, 2.75) is 84.5 Å². The molecule has 8 heterocycles. The van der Waals surface area contributed by atoms with Crippen molar-refractivity contribution in [1.82, 2.24) is 9.13 Å². The lowest BCUT2D eigenvalue weighted by Gasteiger charge is -2.40. The van der Waals surface area contributed by atoms with Gasteiger partial charge in [-0.2, -0.15) is 9.13 Å². The predicted octanol–water partition coefficient (Wildman–Crippen LogP) is 19.7. The minimum atomic E-state index is -1.92. The van der Waals surface area contributed by atoms with Gasteiger partial charge < -0.3 is 18.9 Å². The van der Waals surface area contributed by atoms with Crippen LogP contribution < -0.4 is 29.9 Å². The minimum Gasteiger partial charge on any atom is -0.490 e. The van der Waals surface area contributed by atoms with Crippen LogP contribution in [0.5, 0.6) is 28.7 Å². The second-order valence-electron chi connectivity index (χ2n) is 20.7. The van der Waals surface area contributed by atoms with Crippen molar-refractivity contribution in [3.63, 3.8) is 0 Å². The number of amidine groups is 4. The van der Waals surface area contributed by atoms with Crippen LogP contribution in [0.25, 0.3) is 32.7 Å². The van der Waals surface area contributed by atoms with Crippen molar-refractivity contribution in [2.75, 3.05) is 19.8 Å². The van der Waals surface area contributed by atoms with Gasteiger partial charge in [0.05, 0.1) is 104 Å². The van der Waals surface area contributed by atoms with Crippen LogP contribution in [0.4, 0.5) is 11.6 Å². The van der Waals surface area contributed by atoms with Gasteiger partial charge in [-0.3, -0.25) is 0 Å². The molecule has 1 unspecified atom stereocenters. The molecule has 6 aliphatic heterocycles. The first kappa shape index (κ1) is 57.1. The van der Waals surface area contributed by atoms with Gasteiger partial charge in [-0.15, -0.1) is 9.15 Å². The number of hydrogen-bond donors (Lipinski definition) is 0. The van der Waals surface area contributed by atoms with E-state index >= 15 is 0 Å². The normalized spacial score (nSPS) is 16.2. The fraction of sp³-hybridized carbons (Fsp3) is 0.267. The second kappa shape index (κ2) is 21.6. The van der Waals surface area contributed by atoms with Gasteiger partial charge in [-0.25, -0.2) is 0 Å². The zero-order valence-electron chi connectivity index (χ0n) is 44.4. The summed E-state index contributed by atoms with van der Waals surface area (Å²) in [6.45, 7) is 7.17. The Balaban J connectivity index is 1.17. The first-order valence-corrected chi connectivity index (χ1v) is 31.8. The number of hydrogen-bond acceptors (Lipinski definition) is 8. The average Bonchev–Trinajstić information content (AvgIpc) is 1.44. The first-order valence-electron chi connectivity index (χ1n) is 27.2.